The predicted octanol–water partition coefficient (Wildman–Crippen LogP) is 17.3. The van der Waals surface area contributed by atoms with Crippen LogP contribution in [0.5, 0.6) is 0 Å². The Morgan fingerprint density at radius 3 is 1.61 bits per heavy atom. The van der Waals surface area contributed by atoms with Crippen LogP contribution in [-0.4, -0.2) is 46.3 Å². The Morgan fingerprint density at radius 1 is 0.710 bits per heavy atom. The van der Waals surface area contributed by atoms with Crippen LogP contribution in [0.1, 0.15) is 193 Å². The number of ketones is 1. The molecule has 4 aliphatic carbocycles. The van der Waals surface area contributed by atoms with E-state index in [4.69, 9.17) is 21.7 Å². The Hall–Kier alpha value is -1.68. The molecule has 4 fully saturated rings. The largest absolute Gasteiger partial charge is 0.417 e. The summed E-state index contributed by atoms with van der Waals surface area (Å²) in [7, 11) is -3.51. The molecule has 0 heterocycles. The minimum Gasteiger partial charge on any atom is -0.417 e. The quantitative estimate of drug-likeness (QED) is 0.0667. The molecule has 0 spiro atoms. The SMILES string of the molecule is C#CCC(C/C=C/C(C)C)C[C@@H]1CC[C@@]2(C)C(CC[C@@H]2[C@H](C)CO[Si](C)(C)C(C)(C)C)C1=O.C#CCC(C/C=C/C(C)C)C[C@@H]1CC[C@@]2(C)C(CC[C@@H]2[C@H](C)CO[Si](C)(C)C(C)(C)C)[C@]1(O)CC=C. The summed E-state index contributed by atoms with van der Waals surface area (Å²) in [6.45, 7) is 47.5. The Balaban J connectivity index is 0.000000367. The first-order valence-corrected chi connectivity index (χ1v) is 34.0. The fourth-order valence-electron chi connectivity index (χ4n) is 13.5. The number of fused-ring (bicyclic) bond motifs is 2. The molecule has 13 atom stereocenters. The van der Waals surface area contributed by atoms with Gasteiger partial charge in [-0.3, -0.25) is 4.79 Å². The molecule has 0 aromatic heterocycles. The van der Waals surface area contributed by atoms with Crippen molar-refractivity contribution in [3.63, 3.8) is 0 Å². The summed E-state index contributed by atoms with van der Waals surface area (Å²) < 4.78 is 13.3. The third kappa shape index (κ3) is 15.7. The molecule has 4 nitrogen and oxygen atoms in total. The van der Waals surface area contributed by atoms with Gasteiger partial charge in [0, 0.05) is 37.9 Å². The van der Waals surface area contributed by atoms with Crippen molar-refractivity contribution in [3.8, 4) is 24.7 Å². The lowest BCUT2D eigenvalue weighted by molar-refractivity contribution is -0.151. The van der Waals surface area contributed by atoms with Crippen LogP contribution >= 0.6 is 0 Å². The van der Waals surface area contributed by atoms with Gasteiger partial charge in [0.15, 0.2) is 16.6 Å². The molecule has 4 rings (SSSR count). The van der Waals surface area contributed by atoms with Crippen molar-refractivity contribution in [2.45, 2.75) is 235 Å². The van der Waals surface area contributed by atoms with Gasteiger partial charge in [-0.15, -0.1) is 31.3 Å². The van der Waals surface area contributed by atoms with Crippen molar-refractivity contribution < 1.29 is 18.8 Å². The second-order valence-electron chi connectivity index (χ2n) is 27.8. The van der Waals surface area contributed by atoms with Gasteiger partial charge < -0.3 is 14.0 Å². The predicted molar refractivity (Wildman–Crippen MR) is 304 cm³/mol. The van der Waals surface area contributed by atoms with E-state index in [1.54, 1.807) is 0 Å². The third-order valence-electron chi connectivity index (χ3n) is 19.8. The van der Waals surface area contributed by atoms with Gasteiger partial charge in [0.25, 0.3) is 0 Å². The first-order valence-electron chi connectivity index (χ1n) is 28.2. The number of carbonyl (C=O) groups is 1. The standard InChI is InChI=1S/C33H58O2Si.C30H52O2Si/c1-12-15-27(17-14-16-25(3)4)23-28-20-22-32(9)29(18-19-30(32)33(28,34)21-13-2)26(5)24-35-36(10,11)31(6,7)8;1-11-13-24(15-12-14-22(2)3)20-25-18-19-30(8)26(16-17-27(30)28(25)31)23(4)21-32-33(9,10)29(5,6)7/h1,13-14,16,25-30,34H,2,15,17-24H2,3-11H3;1,12,14,22-27H,13,15-21H2,2-10H3/b16-14+;14-12+/t26-,27?,28+,29-,30?,32-,33+;23-,24?,25+,26-,27?,30-/m11/s1. The van der Waals surface area contributed by atoms with Crippen LogP contribution in [0.3, 0.4) is 0 Å². The highest BCUT2D eigenvalue weighted by atomic mass is 28.4. The highest BCUT2D eigenvalue weighted by molar-refractivity contribution is 6.74. The lowest BCUT2D eigenvalue weighted by atomic mass is 9.53. The maximum Gasteiger partial charge on any atom is 0.191 e. The lowest BCUT2D eigenvalue weighted by Gasteiger charge is -2.55. The Kier molecular flexibility index (Phi) is 22.8. The molecule has 4 unspecified atom stereocenters. The average molecular weight is 988 g/mol. The Labute approximate surface area is 430 Å². The van der Waals surface area contributed by atoms with E-state index in [2.05, 4.69) is 166 Å². The summed E-state index contributed by atoms with van der Waals surface area (Å²) in [5, 5.41) is 12.9. The number of hydrogen-bond acceptors (Lipinski definition) is 4. The first-order chi connectivity index (χ1) is 31.8. The fraction of sp³-hybridized carbons (Fsp3) is 0.825. The molecule has 394 valence electrons. The fourth-order valence-corrected chi connectivity index (χ4v) is 15.8. The maximum atomic E-state index is 13.7. The third-order valence-corrected chi connectivity index (χ3v) is 28.8. The molecule has 0 saturated heterocycles. The van der Waals surface area contributed by atoms with E-state index >= 15 is 0 Å². The van der Waals surface area contributed by atoms with Crippen LogP contribution in [0.15, 0.2) is 37.0 Å². The van der Waals surface area contributed by atoms with Crippen molar-refractivity contribution >= 4 is 22.4 Å². The Bertz CT molecular complexity index is 1760. The molecule has 0 amide bonds. The number of allylic oxidation sites excluding steroid dienone is 4. The van der Waals surface area contributed by atoms with Gasteiger partial charge in [-0.2, -0.15) is 0 Å². The molecule has 0 aromatic rings. The molecule has 0 aromatic carbocycles. The average Bonchev–Trinajstić information content (AvgIpc) is 3.78. The van der Waals surface area contributed by atoms with Crippen LogP contribution in [0.4, 0.5) is 0 Å². The summed E-state index contributed by atoms with van der Waals surface area (Å²) in [6.07, 6.45) is 37.8. The van der Waals surface area contributed by atoms with Crippen molar-refractivity contribution in [3.05, 3.63) is 37.0 Å². The number of rotatable bonds is 22. The summed E-state index contributed by atoms with van der Waals surface area (Å²) in [6, 6.07) is 0. The summed E-state index contributed by atoms with van der Waals surface area (Å²) in [4.78, 5) is 13.7. The van der Waals surface area contributed by atoms with Gasteiger partial charge in [0.1, 0.15) is 5.78 Å². The number of aliphatic hydroxyl groups is 1. The molecule has 4 saturated carbocycles. The lowest BCUT2D eigenvalue weighted by Crippen LogP contribution is -2.55. The maximum absolute atomic E-state index is 13.7. The summed E-state index contributed by atoms with van der Waals surface area (Å²) in [5.74, 6) is 11.6. The monoisotopic (exact) mass is 987 g/mol. The zero-order valence-electron chi connectivity index (χ0n) is 48.4. The number of terminal acetylenes is 2. The molecular formula is C63H110O4Si2. The van der Waals surface area contributed by atoms with Gasteiger partial charge in [-0.25, -0.2) is 0 Å². The zero-order valence-corrected chi connectivity index (χ0v) is 50.4. The van der Waals surface area contributed by atoms with Gasteiger partial charge in [0.05, 0.1) is 5.60 Å². The first kappa shape index (κ1) is 61.6. The molecule has 69 heavy (non-hydrogen) atoms. The van der Waals surface area contributed by atoms with E-state index in [-0.39, 0.29) is 38.7 Å². The van der Waals surface area contributed by atoms with Crippen LogP contribution in [0.25, 0.3) is 0 Å². The van der Waals surface area contributed by atoms with E-state index in [1.807, 2.05) is 6.08 Å². The van der Waals surface area contributed by atoms with Gasteiger partial charge in [-0.1, -0.05) is 127 Å². The number of hydrogen-bond donors (Lipinski definition) is 1. The zero-order chi connectivity index (χ0) is 52.4. The smallest absolute Gasteiger partial charge is 0.191 e. The molecule has 6 heteroatoms. The van der Waals surface area contributed by atoms with Crippen LogP contribution in [-0.2, 0) is 13.6 Å². The van der Waals surface area contributed by atoms with E-state index in [1.165, 1.54) is 25.7 Å². The molecular weight excluding hydrogens is 877 g/mol. The highest BCUT2D eigenvalue weighted by Gasteiger charge is 2.61. The topological polar surface area (TPSA) is 55.8 Å². The van der Waals surface area contributed by atoms with E-state index in [0.29, 0.717) is 65.5 Å². The van der Waals surface area contributed by atoms with E-state index in [0.717, 1.165) is 77.4 Å². The van der Waals surface area contributed by atoms with E-state index in [9.17, 15) is 9.90 Å². The second-order valence-corrected chi connectivity index (χ2v) is 37.4. The number of carbonyl (C=O) groups excluding carboxylic acids is 1. The van der Waals surface area contributed by atoms with Gasteiger partial charge in [0.2, 0.25) is 0 Å². The molecule has 0 aliphatic heterocycles. The van der Waals surface area contributed by atoms with E-state index < -0.39 is 22.2 Å². The van der Waals surface area contributed by atoms with Crippen molar-refractivity contribution in [1.82, 2.24) is 0 Å². The normalized spacial score (nSPS) is 31.7. The van der Waals surface area contributed by atoms with Crippen LogP contribution < -0.4 is 0 Å². The van der Waals surface area contributed by atoms with Crippen molar-refractivity contribution in [1.29, 1.82) is 0 Å². The summed E-state index contributed by atoms with van der Waals surface area (Å²) in [5.41, 5.74) is -0.384. The van der Waals surface area contributed by atoms with Crippen LogP contribution in [0.2, 0.25) is 36.3 Å². The van der Waals surface area contributed by atoms with Crippen molar-refractivity contribution in [2.24, 2.45) is 81.8 Å². The Morgan fingerprint density at radius 2 is 1.16 bits per heavy atom. The van der Waals surface area contributed by atoms with Gasteiger partial charge >= 0.3 is 0 Å². The molecule has 1 N–H and O–H groups in total. The van der Waals surface area contributed by atoms with Crippen LogP contribution in [0, 0.1) is 107 Å². The second kappa shape index (κ2) is 25.5. The molecule has 0 radical (unpaired) electrons. The summed E-state index contributed by atoms with van der Waals surface area (Å²) >= 11 is 0. The number of Topliss-reactive ketones (excluding diaryl/α,β-unsaturated/α-hetero) is 1. The van der Waals surface area contributed by atoms with Gasteiger partial charge in [-0.05, 0) is 190 Å². The van der Waals surface area contributed by atoms with Crippen molar-refractivity contribution in [2.75, 3.05) is 13.2 Å². The minimum absolute atomic E-state index is 0.142. The molecule has 4 aliphatic rings. The highest BCUT2D eigenvalue weighted by Crippen LogP contribution is 2.64. The molecule has 0 bridgehead atoms. The minimum atomic E-state index is -1.77.